The topological polar surface area (TPSA) is 100 Å². The Morgan fingerprint density at radius 3 is 2.21 bits per heavy atom. The van der Waals surface area contributed by atoms with Gasteiger partial charge in [-0.15, -0.1) is 11.8 Å². The Hall–Kier alpha value is -5.58. The van der Waals surface area contributed by atoms with Gasteiger partial charge < -0.3 is 16.0 Å². The average Bonchev–Trinajstić information content (AvgIpc) is 3.51. The number of rotatable bonds is 10. The molecule has 0 saturated carbocycles. The Morgan fingerprint density at radius 1 is 0.766 bits per heavy atom. The summed E-state index contributed by atoms with van der Waals surface area (Å²) < 4.78 is 14.5. The minimum absolute atomic E-state index is 0.0270. The van der Waals surface area contributed by atoms with Gasteiger partial charge in [-0.2, -0.15) is 0 Å². The van der Waals surface area contributed by atoms with Crippen LogP contribution in [0.3, 0.4) is 0 Å². The number of anilines is 2. The van der Waals surface area contributed by atoms with Gasteiger partial charge in [0.15, 0.2) is 5.13 Å². The molecule has 3 N–H and O–H groups in total. The Morgan fingerprint density at radius 2 is 1.47 bits per heavy atom. The van der Waals surface area contributed by atoms with Crippen LogP contribution in [0.25, 0.3) is 16.3 Å². The second-order valence-corrected chi connectivity index (χ2v) is 12.5. The first-order valence-corrected chi connectivity index (χ1v) is 16.2. The number of carbonyl (C=O) groups excluding carboxylic acids is 3. The van der Waals surface area contributed by atoms with Gasteiger partial charge in [0.2, 0.25) is 5.91 Å². The van der Waals surface area contributed by atoms with E-state index in [1.807, 2.05) is 60.7 Å². The molecule has 1 atom stereocenters. The second kappa shape index (κ2) is 14.7. The number of para-hydroxylation sites is 1. The molecule has 47 heavy (non-hydrogen) atoms. The highest BCUT2D eigenvalue weighted by molar-refractivity contribution is 8.00. The van der Waals surface area contributed by atoms with E-state index >= 15 is 0 Å². The third-order valence-electron chi connectivity index (χ3n) is 6.92. The summed E-state index contributed by atoms with van der Waals surface area (Å²) in [7, 11) is 0. The van der Waals surface area contributed by atoms with E-state index in [0.29, 0.717) is 21.9 Å². The van der Waals surface area contributed by atoms with Gasteiger partial charge >= 0.3 is 0 Å². The van der Waals surface area contributed by atoms with Crippen molar-refractivity contribution in [1.82, 2.24) is 10.3 Å². The number of benzene rings is 5. The zero-order valence-electron chi connectivity index (χ0n) is 24.7. The lowest BCUT2D eigenvalue weighted by Crippen LogP contribution is -2.30. The third-order valence-corrected chi connectivity index (χ3v) is 9.12. The van der Waals surface area contributed by atoms with E-state index in [0.717, 1.165) is 20.7 Å². The summed E-state index contributed by atoms with van der Waals surface area (Å²) >= 11 is 2.74. The minimum atomic E-state index is -0.617. The summed E-state index contributed by atoms with van der Waals surface area (Å²) in [6.07, 6.45) is 1.48. The van der Waals surface area contributed by atoms with E-state index in [9.17, 15) is 18.8 Å². The predicted molar refractivity (Wildman–Crippen MR) is 187 cm³/mol. The molecule has 0 bridgehead atoms. The van der Waals surface area contributed by atoms with Crippen LogP contribution >= 0.6 is 23.1 Å². The number of nitrogens with one attached hydrogen (secondary N) is 3. The number of carbonyl (C=O) groups is 3. The number of nitrogens with zero attached hydrogens (tertiary/aromatic N) is 1. The summed E-state index contributed by atoms with van der Waals surface area (Å²) in [4.78, 5) is 45.5. The van der Waals surface area contributed by atoms with Crippen molar-refractivity contribution in [2.75, 3.05) is 10.6 Å². The third kappa shape index (κ3) is 8.18. The summed E-state index contributed by atoms with van der Waals surface area (Å²) in [5.41, 5.74) is 2.95. The van der Waals surface area contributed by atoms with E-state index in [2.05, 4.69) is 20.9 Å². The van der Waals surface area contributed by atoms with Gasteiger partial charge in [0.1, 0.15) is 16.8 Å². The average molecular weight is 659 g/mol. The molecule has 232 valence electrons. The first-order chi connectivity index (χ1) is 22.9. The maximum atomic E-state index is 13.7. The number of aromatic nitrogens is 1. The van der Waals surface area contributed by atoms with Crippen LogP contribution in [0, 0.1) is 5.82 Å². The van der Waals surface area contributed by atoms with Gasteiger partial charge in [0, 0.05) is 16.1 Å². The smallest absolute Gasteiger partial charge is 0.272 e. The SMILES string of the molecule is O=C(Nc1cccc(SC(C(=O)Nc2nc3ccccc3s2)c2ccccc2)c1)/C(=C/c1ccc(F)cc1)NC(=O)c1ccccc1. The Kier molecular flexibility index (Phi) is 9.81. The Bertz CT molecular complexity index is 2030. The number of thioether (sulfide) groups is 1. The fourth-order valence-corrected chi connectivity index (χ4v) is 6.60. The van der Waals surface area contributed by atoms with Gasteiger partial charge in [0.05, 0.1) is 10.2 Å². The van der Waals surface area contributed by atoms with Crippen molar-refractivity contribution < 1.29 is 18.8 Å². The maximum absolute atomic E-state index is 13.7. The van der Waals surface area contributed by atoms with E-state index in [1.54, 1.807) is 48.5 Å². The fraction of sp³-hybridized carbons (Fsp3) is 0.0270. The molecule has 5 aromatic carbocycles. The van der Waals surface area contributed by atoms with E-state index in [1.165, 1.54) is 53.4 Å². The number of fused-ring (bicyclic) bond motifs is 1. The molecule has 3 amide bonds. The molecule has 6 rings (SSSR count). The molecule has 6 aromatic rings. The molecular weight excluding hydrogens is 632 g/mol. The summed E-state index contributed by atoms with van der Waals surface area (Å²) in [5.74, 6) is -1.70. The highest BCUT2D eigenvalue weighted by Gasteiger charge is 2.24. The first kappa shape index (κ1) is 31.4. The van der Waals surface area contributed by atoms with Gasteiger partial charge in [-0.05, 0) is 71.8 Å². The number of thiazole rings is 1. The van der Waals surface area contributed by atoms with Crippen LogP contribution in [-0.2, 0) is 9.59 Å². The van der Waals surface area contributed by atoms with Gasteiger partial charge in [-0.3, -0.25) is 14.4 Å². The lowest BCUT2D eigenvalue weighted by molar-refractivity contribution is -0.116. The minimum Gasteiger partial charge on any atom is -0.321 e. The summed E-state index contributed by atoms with van der Waals surface area (Å²) in [6, 6.07) is 38.3. The zero-order valence-corrected chi connectivity index (χ0v) is 26.4. The number of amides is 3. The van der Waals surface area contributed by atoms with Crippen molar-refractivity contribution in [2.45, 2.75) is 10.1 Å². The quantitative estimate of drug-likeness (QED) is 0.102. The van der Waals surface area contributed by atoms with Crippen LogP contribution in [0.2, 0.25) is 0 Å². The van der Waals surface area contributed by atoms with E-state index in [-0.39, 0.29) is 11.6 Å². The van der Waals surface area contributed by atoms with Crippen LogP contribution in [0.5, 0.6) is 0 Å². The van der Waals surface area contributed by atoms with Crippen LogP contribution < -0.4 is 16.0 Å². The summed E-state index contributed by atoms with van der Waals surface area (Å²) in [5, 5.41) is 8.41. The first-order valence-electron chi connectivity index (χ1n) is 14.5. The molecule has 10 heteroatoms. The molecule has 0 aliphatic rings. The highest BCUT2D eigenvalue weighted by Crippen LogP contribution is 2.38. The molecule has 0 fully saturated rings. The molecule has 1 aromatic heterocycles. The molecule has 0 spiro atoms. The predicted octanol–water partition coefficient (Wildman–Crippen LogP) is 8.32. The van der Waals surface area contributed by atoms with Crippen LogP contribution in [0.1, 0.15) is 26.7 Å². The normalized spacial score (nSPS) is 11.9. The van der Waals surface area contributed by atoms with Crippen molar-refractivity contribution in [3.05, 3.63) is 162 Å². The van der Waals surface area contributed by atoms with Crippen LogP contribution in [-0.4, -0.2) is 22.7 Å². The van der Waals surface area contributed by atoms with Crippen molar-refractivity contribution in [1.29, 1.82) is 0 Å². The lowest BCUT2D eigenvalue weighted by Gasteiger charge is -2.17. The van der Waals surface area contributed by atoms with Gasteiger partial charge in [-0.25, -0.2) is 9.37 Å². The maximum Gasteiger partial charge on any atom is 0.272 e. The molecule has 0 aliphatic carbocycles. The standard InChI is InChI=1S/C37H27FN4O3S2/c38-27-20-18-24(19-21-27)22-31(40-34(43)26-12-5-2-6-13-26)35(44)39-28-14-9-15-29(23-28)46-33(25-10-3-1-4-11-25)36(45)42-37-41-30-16-7-8-17-32(30)47-37/h1-23,33H,(H,39,44)(H,40,43)(H,41,42,45)/b31-22-. The van der Waals surface area contributed by atoms with Crippen molar-refractivity contribution in [3.63, 3.8) is 0 Å². The number of halogens is 1. The number of hydrogen-bond acceptors (Lipinski definition) is 6. The van der Waals surface area contributed by atoms with Crippen molar-refractivity contribution in [2.24, 2.45) is 0 Å². The Labute approximate surface area is 278 Å². The zero-order chi connectivity index (χ0) is 32.6. The monoisotopic (exact) mass is 658 g/mol. The molecular formula is C37H27FN4O3S2. The van der Waals surface area contributed by atoms with Crippen LogP contribution in [0.15, 0.2) is 144 Å². The molecule has 0 radical (unpaired) electrons. The lowest BCUT2D eigenvalue weighted by atomic mass is 10.1. The largest absolute Gasteiger partial charge is 0.321 e. The molecule has 1 heterocycles. The summed E-state index contributed by atoms with van der Waals surface area (Å²) in [6.45, 7) is 0. The van der Waals surface area contributed by atoms with Crippen LogP contribution in [0.4, 0.5) is 15.2 Å². The Balaban J connectivity index is 1.22. The van der Waals surface area contributed by atoms with Gasteiger partial charge in [0.25, 0.3) is 11.8 Å². The highest BCUT2D eigenvalue weighted by atomic mass is 32.2. The second-order valence-electron chi connectivity index (χ2n) is 10.3. The molecule has 0 aliphatic heterocycles. The van der Waals surface area contributed by atoms with E-state index in [4.69, 9.17) is 0 Å². The number of hydrogen-bond donors (Lipinski definition) is 3. The van der Waals surface area contributed by atoms with Crippen molar-refractivity contribution >= 4 is 67.9 Å². The molecule has 7 nitrogen and oxygen atoms in total. The van der Waals surface area contributed by atoms with E-state index < -0.39 is 22.9 Å². The van der Waals surface area contributed by atoms with Crippen molar-refractivity contribution in [3.8, 4) is 0 Å². The van der Waals surface area contributed by atoms with Gasteiger partial charge in [-0.1, -0.05) is 90.2 Å². The molecule has 1 unspecified atom stereocenters. The fourth-order valence-electron chi connectivity index (χ4n) is 4.65. The molecule has 0 saturated heterocycles.